The van der Waals surface area contributed by atoms with Crippen LogP contribution in [-0.4, -0.2) is 59.7 Å². The topological polar surface area (TPSA) is 96.5 Å². The van der Waals surface area contributed by atoms with Crippen molar-refractivity contribution in [3.8, 4) is 0 Å². The van der Waals surface area contributed by atoms with Crippen molar-refractivity contribution in [2.24, 2.45) is 0 Å². The fraction of sp³-hybridized carbons (Fsp3) is 0.524. The van der Waals surface area contributed by atoms with Gasteiger partial charge >= 0.3 is 0 Å². The molecule has 1 aliphatic rings. The second-order valence-corrected chi connectivity index (χ2v) is 8.48. The van der Waals surface area contributed by atoms with Crippen LogP contribution in [-0.2, 0) is 16.1 Å². The summed E-state index contributed by atoms with van der Waals surface area (Å²) < 4.78 is 18.6. The molecule has 0 spiro atoms. The molecule has 0 unspecified atom stereocenters. The molecule has 0 radical (unpaired) electrons. The molecule has 2 N–H and O–H groups in total. The molecule has 0 saturated carbocycles. The largest absolute Gasteiger partial charge is 0.364 e. The second kappa shape index (κ2) is 12.4. The molecule has 1 fully saturated rings. The molecular formula is C21H28FN5O3S. The van der Waals surface area contributed by atoms with Gasteiger partial charge in [-0.15, -0.1) is 10.2 Å². The van der Waals surface area contributed by atoms with E-state index < -0.39 is 11.7 Å². The summed E-state index contributed by atoms with van der Waals surface area (Å²) in [5.74, 6) is -1.09. The third kappa shape index (κ3) is 8.31. The number of amides is 2. The number of benzene rings is 1. The zero-order valence-corrected chi connectivity index (χ0v) is 18.3. The summed E-state index contributed by atoms with van der Waals surface area (Å²) in [7, 11) is 0. The average Bonchev–Trinajstić information content (AvgIpc) is 3.07. The summed E-state index contributed by atoms with van der Waals surface area (Å²) in [5, 5.41) is 13.8. The number of rotatable bonds is 10. The lowest BCUT2D eigenvalue weighted by Gasteiger charge is -2.19. The van der Waals surface area contributed by atoms with Crippen molar-refractivity contribution in [1.29, 1.82) is 0 Å². The van der Waals surface area contributed by atoms with Gasteiger partial charge in [0.05, 0.1) is 0 Å². The van der Waals surface area contributed by atoms with Crippen LogP contribution in [0.25, 0.3) is 0 Å². The van der Waals surface area contributed by atoms with Crippen LogP contribution in [0.5, 0.6) is 0 Å². The fourth-order valence-corrected chi connectivity index (χ4v) is 4.00. The van der Waals surface area contributed by atoms with Crippen LogP contribution in [0.4, 0.5) is 10.1 Å². The highest BCUT2D eigenvalue weighted by molar-refractivity contribution is 7.13. The van der Waals surface area contributed by atoms with Gasteiger partial charge in [-0.2, -0.15) is 0 Å². The van der Waals surface area contributed by atoms with E-state index in [2.05, 4.69) is 25.7 Å². The number of carbonyl (C=O) groups is 2. The highest BCUT2D eigenvalue weighted by atomic mass is 32.1. The Balaban J connectivity index is 1.30. The number of halogens is 1. The third-order valence-electron chi connectivity index (χ3n) is 4.87. The van der Waals surface area contributed by atoms with E-state index in [-0.39, 0.29) is 24.1 Å². The fourth-order valence-electron chi connectivity index (χ4n) is 3.33. The molecule has 2 aromatic rings. The molecule has 1 saturated heterocycles. The number of nitrogens with zero attached hydrogens (tertiary/aromatic N) is 3. The minimum Gasteiger partial charge on any atom is -0.364 e. The SMILES string of the molecule is O=C(COCc1nnc(C(=O)Nc2cccc(F)c2)s1)NCCCN1CCCCCC1. The van der Waals surface area contributed by atoms with E-state index in [9.17, 15) is 14.0 Å². The maximum absolute atomic E-state index is 13.2. The molecule has 1 aromatic heterocycles. The molecule has 2 amide bonds. The first kappa shape index (κ1) is 23.2. The number of hydrogen-bond acceptors (Lipinski definition) is 7. The van der Waals surface area contributed by atoms with Crippen LogP contribution in [0.3, 0.4) is 0 Å². The lowest BCUT2D eigenvalue weighted by Crippen LogP contribution is -2.32. The highest BCUT2D eigenvalue weighted by Crippen LogP contribution is 2.15. The molecule has 1 aliphatic heterocycles. The smallest absolute Gasteiger partial charge is 0.286 e. The summed E-state index contributed by atoms with van der Waals surface area (Å²) in [6.45, 7) is 3.96. The summed E-state index contributed by atoms with van der Waals surface area (Å²) in [5.41, 5.74) is 0.338. The predicted octanol–water partition coefficient (Wildman–Crippen LogP) is 2.83. The van der Waals surface area contributed by atoms with Gasteiger partial charge < -0.3 is 20.3 Å². The zero-order chi connectivity index (χ0) is 21.9. The number of nitrogens with one attached hydrogen (secondary N) is 2. The van der Waals surface area contributed by atoms with E-state index in [1.165, 1.54) is 43.9 Å². The molecule has 168 valence electrons. The van der Waals surface area contributed by atoms with E-state index in [1.807, 2.05) is 0 Å². The summed E-state index contributed by atoms with van der Waals surface area (Å²) in [6, 6.07) is 5.60. The lowest BCUT2D eigenvalue weighted by molar-refractivity contribution is -0.126. The van der Waals surface area contributed by atoms with Gasteiger partial charge in [0.25, 0.3) is 5.91 Å². The number of likely N-dealkylation sites (tertiary alicyclic amines) is 1. The van der Waals surface area contributed by atoms with Crippen LogP contribution < -0.4 is 10.6 Å². The third-order valence-corrected chi connectivity index (χ3v) is 5.77. The van der Waals surface area contributed by atoms with Crippen LogP contribution >= 0.6 is 11.3 Å². The van der Waals surface area contributed by atoms with Crippen LogP contribution in [0.15, 0.2) is 24.3 Å². The lowest BCUT2D eigenvalue weighted by atomic mass is 10.2. The van der Waals surface area contributed by atoms with Gasteiger partial charge in [0.2, 0.25) is 10.9 Å². The van der Waals surface area contributed by atoms with Crippen LogP contribution in [0.2, 0.25) is 0 Å². The number of carbonyl (C=O) groups excluding carboxylic acids is 2. The Kier molecular flexibility index (Phi) is 9.32. The molecule has 0 aliphatic carbocycles. The minimum absolute atomic E-state index is 0.0753. The van der Waals surface area contributed by atoms with Crippen molar-refractivity contribution in [1.82, 2.24) is 20.4 Å². The summed E-state index contributed by atoms with van der Waals surface area (Å²) in [4.78, 5) is 26.5. The average molecular weight is 450 g/mol. The van der Waals surface area contributed by atoms with Crippen LogP contribution in [0.1, 0.15) is 46.9 Å². The van der Waals surface area contributed by atoms with E-state index in [4.69, 9.17) is 4.74 Å². The molecular weight excluding hydrogens is 421 g/mol. The predicted molar refractivity (Wildman–Crippen MR) is 116 cm³/mol. The van der Waals surface area contributed by atoms with E-state index in [1.54, 1.807) is 6.07 Å². The van der Waals surface area contributed by atoms with E-state index in [0.717, 1.165) is 37.4 Å². The monoisotopic (exact) mass is 449 g/mol. The molecule has 10 heteroatoms. The normalized spacial score (nSPS) is 14.7. The van der Waals surface area contributed by atoms with Crippen molar-refractivity contribution in [2.75, 3.05) is 38.1 Å². The minimum atomic E-state index is -0.475. The maximum Gasteiger partial charge on any atom is 0.286 e. The summed E-state index contributed by atoms with van der Waals surface area (Å²) in [6.07, 6.45) is 6.09. The Morgan fingerprint density at radius 3 is 2.74 bits per heavy atom. The highest BCUT2D eigenvalue weighted by Gasteiger charge is 2.14. The van der Waals surface area contributed by atoms with Gasteiger partial charge in [0, 0.05) is 12.2 Å². The number of ether oxygens (including phenoxy) is 1. The molecule has 8 nitrogen and oxygen atoms in total. The molecule has 0 atom stereocenters. The first-order chi connectivity index (χ1) is 15.1. The summed E-state index contributed by atoms with van der Waals surface area (Å²) >= 11 is 1.06. The van der Waals surface area contributed by atoms with Crippen molar-refractivity contribution < 1.29 is 18.7 Å². The van der Waals surface area contributed by atoms with E-state index >= 15 is 0 Å². The Morgan fingerprint density at radius 1 is 1.16 bits per heavy atom. The molecule has 2 heterocycles. The Hall–Kier alpha value is -2.43. The first-order valence-corrected chi connectivity index (χ1v) is 11.4. The Labute approximate surface area is 185 Å². The molecule has 1 aromatic carbocycles. The van der Waals surface area contributed by atoms with Gasteiger partial charge in [-0.3, -0.25) is 9.59 Å². The molecule has 3 rings (SSSR count). The molecule has 0 bridgehead atoms. The van der Waals surface area contributed by atoms with Crippen molar-refractivity contribution >= 4 is 28.8 Å². The number of anilines is 1. The van der Waals surface area contributed by atoms with Gasteiger partial charge in [0.15, 0.2) is 0 Å². The van der Waals surface area contributed by atoms with E-state index in [0.29, 0.717) is 17.2 Å². The molecule has 31 heavy (non-hydrogen) atoms. The standard InChI is InChI=1S/C21H28FN5O3S/c22-16-7-5-8-17(13-16)24-20(29)21-26-25-19(31-21)15-30-14-18(28)23-9-6-12-27-10-3-1-2-4-11-27/h5,7-8,13H,1-4,6,9-12,14-15H2,(H,23,28)(H,24,29). The van der Waals surface area contributed by atoms with Gasteiger partial charge in [0.1, 0.15) is 24.0 Å². The first-order valence-electron chi connectivity index (χ1n) is 10.6. The Bertz CT molecular complexity index is 855. The quantitative estimate of drug-likeness (QED) is 0.542. The van der Waals surface area contributed by atoms with Crippen molar-refractivity contribution in [3.63, 3.8) is 0 Å². The van der Waals surface area contributed by atoms with Gasteiger partial charge in [-0.05, 0) is 57.1 Å². The van der Waals surface area contributed by atoms with Crippen LogP contribution in [0, 0.1) is 5.82 Å². The number of aromatic nitrogens is 2. The van der Waals surface area contributed by atoms with Crippen molar-refractivity contribution in [2.45, 2.75) is 38.7 Å². The van der Waals surface area contributed by atoms with Gasteiger partial charge in [-0.1, -0.05) is 30.2 Å². The van der Waals surface area contributed by atoms with Crippen molar-refractivity contribution in [3.05, 3.63) is 40.1 Å². The maximum atomic E-state index is 13.2. The second-order valence-electron chi connectivity index (χ2n) is 7.42. The van der Waals surface area contributed by atoms with Gasteiger partial charge in [-0.25, -0.2) is 4.39 Å². The number of hydrogen-bond donors (Lipinski definition) is 2. The Morgan fingerprint density at radius 2 is 1.97 bits per heavy atom. The zero-order valence-electron chi connectivity index (χ0n) is 17.4.